The molecule has 0 saturated heterocycles. The van der Waals surface area contributed by atoms with Crippen molar-refractivity contribution in [3.05, 3.63) is 70.3 Å². The van der Waals surface area contributed by atoms with Crippen LogP contribution in [0.25, 0.3) is 17.4 Å². The Balaban J connectivity index is 1.79. The molecule has 4 aromatic rings. The normalized spacial score (nSPS) is 10.8. The van der Waals surface area contributed by atoms with Gasteiger partial charge in [-0.15, -0.1) is 0 Å². The number of nitrogens with one attached hydrogen (secondary N) is 2. The summed E-state index contributed by atoms with van der Waals surface area (Å²) in [5.41, 5.74) is 1.03. The van der Waals surface area contributed by atoms with Crippen LogP contribution in [0.5, 0.6) is 11.5 Å². The topological polar surface area (TPSA) is 124 Å². The van der Waals surface area contributed by atoms with Crippen LogP contribution >= 0.6 is 0 Å². The molecule has 3 heterocycles. The van der Waals surface area contributed by atoms with E-state index in [1.165, 1.54) is 31.2 Å². The monoisotopic (exact) mass is 449 g/mol. The number of anilines is 1. The van der Waals surface area contributed by atoms with Gasteiger partial charge < -0.3 is 19.2 Å². The number of rotatable bonds is 8. The van der Waals surface area contributed by atoms with Gasteiger partial charge in [-0.2, -0.15) is 9.78 Å². The van der Waals surface area contributed by atoms with Crippen molar-refractivity contribution < 1.29 is 18.7 Å². The molecule has 33 heavy (non-hydrogen) atoms. The van der Waals surface area contributed by atoms with E-state index in [9.17, 15) is 9.59 Å². The lowest BCUT2D eigenvalue weighted by molar-refractivity contribution is 0.102. The smallest absolute Gasteiger partial charge is 0.260 e. The van der Waals surface area contributed by atoms with Crippen molar-refractivity contribution in [1.82, 2.24) is 19.7 Å². The SMILES string of the molecule is CCCc1cc(=O)[nH]c(-n2nc(-c3ccco3)cc2NC(=O)c2cccc(OC)c2OC)n1. The van der Waals surface area contributed by atoms with Gasteiger partial charge in [0.25, 0.3) is 11.5 Å². The van der Waals surface area contributed by atoms with Gasteiger partial charge >= 0.3 is 0 Å². The molecule has 0 aliphatic carbocycles. The van der Waals surface area contributed by atoms with Gasteiger partial charge in [-0.05, 0) is 30.7 Å². The zero-order valence-electron chi connectivity index (χ0n) is 18.4. The van der Waals surface area contributed by atoms with Gasteiger partial charge in [0.2, 0.25) is 5.95 Å². The molecule has 1 amide bonds. The number of aryl methyl sites for hydroxylation is 1. The van der Waals surface area contributed by atoms with Crippen molar-refractivity contribution in [3.63, 3.8) is 0 Å². The number of aromatic amines is 1. The lowest BCUT2D eigenvalue weighted by atomic mass is 10.1. The predicted molar refractivity (Wildman–Crippen MR) is 121 cm³/mol. The number of amides is 1. The minimum atomic E-state index is -0.454. The fourth-order valence-electron chi connectivity index (χ4n) is 3.40. The van der Waals surface area contributed by atoms with Crippen molar-refractivity contribution >= 4 is 11.7 Å². The first-order valence-corrected chi connectivity index (χ1v) is 10.3. The van der Waals surface area contributed by atoms with Crippen molar-refractivity contribution in [2.75, 3.05) is 19.5 Å². The number of hydrogen-bond donors (Lipinski definition) is 2. The molecule has 4 rings (SSSR count). The quantitative estimate of drug-likeness (QED) is 0.422. The Morgan fingerprint density at radius 2 is 2.03 bits per heavy atom. The van der Waals surface area contributed by atoms with Gasteiger partial charge in [-0.25, -0.2) is 4.98 Å². The highest BCUT2D eigenvalue weighted by Crippen LogP contribution is 2.32. The molecular weight excluding hydrogens is 426 g/mol. The third-order valence-corrected chi connectivity index (χ3v) is 4.86. The Morgan fingerprint density at radius 3 is 2.73 bits per heavy atom. The van der Waals surface area contributed by atoms with E-state index in [0.717, 1.165) is 6.42 Å². The van der Waals surface area contributed by atoms with Crippen LogP contribution in [0.3, 0.4) is 0 Å². The first-order chi connectivity index (χ1) is 16.0. The van der Waals surface area contributed by atoms with Gasteiger partial charge in [0.15, 0.2) is 17.3 Å². The van der Waals surface area contributed by atoms with Crippen LogP contribution in [0.4, 0.5) is 5.82 Å². The van der Waals surface area contributed by atoms with E-state index in [1.54, 1.807) is 36.4 Å². The molecule has 0 saturated carbocycles. The maximum atomic E-state index is 13.2. The number of benzene rings is 1. The van der Waals surface area contributed by atoms with Crippen molar-refractivity contribution in [2.45, 2.75) is 19.8 Å². The molecule has 0 spiro atoms. The second-order valence-corrected chi connectivity index (χ2v) is 7.11. The van der Waals surface area contributed by atoms with E-state index in [0.29, 0.717) is 35.1 Å². The molecule has 170 valence electrons. The highest BCUT2D eigenvalue weighted by molar-refractivity contribution is 6.06. The van der Waals surface area contributed by atoms with Crippen LogP contribution in [0.2, 0.25) is 0 Å². The molecule has 0 bridgehead atoms. The molecule has 10 heteroatoms. The van der Waals surface area contributed by atoms with Crippen LogP contribution in [0.1, 0.15) is 29.4 Å². The van der Waals surface area contributed by atoms with E-state index >= 15 is 0 Å². The first kappa shape index (κ1) is 21.9. The molecule has 10 nitrogen and oxygen atoms in total. The maximum absolute atomic E-state index is 13.2. The Hall–Kier alpha value is -4.34. The van der Waals surface area contributed by atoms with Crippen molar-refractivity contribution in [2.24, 2.45) is 0 Å². The Kier molecular flexibility index (Phi) is 6.25. The number of carbonyl (C=O) groups excluding carboxylic acids is 1. The minimum absolute atomic E-state index is 0.177. The summed E-state index contributed by atoms with van der Waals surface area (Å²) < 4.78 is 17.5. The summed E-state index contributed by atoms with van der Waals surface area (Å²) in [6, 6.07) is 11.6. The number of methoxy groups -OCH3 is 2. The number of furan rings is 1. The van der Waals surface area contributed by atoms with Crippen LogP contribution in [-0.4, -0.2) is 39.9 Å². The number of nitrogens with zero attached hydrogens (tertiary/aromatic N) is 3. The average Bonchev–Trinajstić information content (AvgIpc) is 3.48. The van der Waals surface area contributed by atoms with E-state index in [4.69, 9.17) is 13.9 Å². The zero-order valence-corrected chi connectivity index (χ0v) is 18.4. The average molecular weight is 449 g/mol. The number of ether oxygens (including phenoxy) is 2. The number of carbonyl (C=O) groups is 1. The predicted octanol–water partition coefficient (Wildman–Crippen LogP) is 3.44. The Labute approximate surface area is 189 Å². The third kappa shape index (κ3) is 4.49. The number of para-hydroxylation sites is 1. The maximum Gasteiger partial charge on any atom is 0.260 e. The molecule has 0 aliphatic heterocycles. The summed E-state index contributed by atoms with van der Waals surface area (Å²) in [5.74, 6) is 1.23. The Bertz CT molecular complexity index is 1320. The molecule has 2 N–H and O–H groups in total. The van der Waals surface area contributed by atoms with E-state index in [-0.39, 0.29) is 22.9 Å². The van der Waals surface area contributed by atoms with Crippen LogP contribution in [0, 0.1) is 0 Å². The Morgan fingerprint density at radius 1 is 1.18 bits per heavy atom. The summed E-state index contributed by atoms with van der Waals surface area (Å²) in [7, 11) is 2.96. The molecule has 3 aromatic heterocycles. The van der Waals surface area contributed by atoms with Gasteiger partial charge in [0, 0.05) is 17.8 Å². The fraction of sp³-hybridized carbons (Fsp3) is 0.217. The number of H-pyrrole nitrogens is 1. The first-order valence-electron chi connectivity index (χ1n) is 10.3. The van der Waals surface area contributed by atoms with Crippen LogP contribution in [-0.2, 0) is 6.42 Å². The van der Waals surface area contributed by atoms with E-state index in [1.807, 2.05) is 6.92 Å². The van der Waals surface area contributed by atoms with E-state index < -0.39 is 5.91 Å². The van der Waals surface area contributed by atoms with Gasteiger partial charge in [-0.3, -0.25) is 14.6 Å². The van der Waals surface area contributed by atoms with Gasteiger partial charge in [0.1, 0.15) is 11.5 Å². The standard InChI is InChI=1S/C23H23N5O5/c1-4-7-14-12-20(29)26-23(24-14)28-19(13-16(27-28)17-10-6-11-33-17)25-22(30)15-8-5-9-18(31-2)21(15)32-3/h5-6,8-13H,4,7H2,1-3H3,(H,25,30)(H,24,26,29). The van der Waals surface area contributed by atoms with Crippen LogP contribution < -0.4 is 20.3 Å². The molecule has 0 atom stereocenters. The summed E-state index contributed by atoms with van der Waals surface area (Å²) in [4.78, 5) is 32.6. The lowest BCUT2D eigenvalue weighted by Gasteiger charge is -2.13. The summed E-state index contributed by atoms with van der Waals surface area (Å²) in [6.45, 7) is 2.00. The molecule has 0 radical (unpaired) electrons. The summed E-state index contributed by atoms with van der Waals surface area (Å²) >= 11 is 0. The summed E-state index contributed by atoms with van der Waals surface area (Å²) in [5, 5.41) is 7.33. The fourth-order valence-corrected chi connectivity index (χ4v) is 3.40. The minimum Gasteiger partial charge on any atom is -0.493 e. The van der Waals surface area contributed by atoms with Crippen LogP contribution in [0.15, 0.2) is 57.9 Å². The highest BCUT2D eigenvalue weighted by atomic mass is 16.5. The molecule has 0 aliphatic rings. The zero-order chi connectivity index (χ0) is 23.4. The second-order valence-electron chi connectivity index (χ2n) is 7.11. The lowest BCUT2D eigenvalue weighted by Crippen LogP contribution is -2.19. The molecule has 0 fully saturated rings. The highest BCUT2D eigenvalue weighted by Gasteiger charge is 2.21. The van der Waals surface area contributed by atoms with Crippen molar-refractivity contribution in [1.29, 1.82) is 0 Å². The summed E-state index contributed by atoms with van der Waals surface area (Å²) in [6.07, 6.45) is 2.98. The van der Waals surface area contributed by atoms with E-state index in [2.05, 4.69) is 20.4 Å². The largest absolute Gasteiger partial charge is 0.493 e. The van der Waals surface area contributed by atoms with Gasteiger partial charge in [-0.1, -0.05) is 19.4 Å². The number of hydrogen-bond acceptors (Lipinski definition) is 7. The van der Waals surface area contributed by atoms with Gasteiger partial charge in [0.05, 0.1) is 26.0 Å². The molecular formula is C23H23N5O5. The molecule has 0 unspecified atom stereocenters. The number of aromatic nitrogens is 4. The molecule has 1 aromatic carbocycles. The second kappa shape index (κ2) is 9.43. The van der Waals surface area contributed by atoms with Crippen molar-refractivity contribution in [3.8, 4) is 28.9 Å². The third-order valence-electron chi connectivity index (χ3n) is 4.86.